The highest BCUT2D eigenvalue weighted by Crippen LogP contribution is 2.11. The lowest BCUT2D eigenvalue weighted by Crippen LogP contribution is -2.53. The van der Waals surface area contributed by atoms with E-state index in [2.05, 4.69) is 22.5 Å². The Kier molecular flexibility index (Phi) is 6.96. The number of carbonyl (C=O) groups excluding carboxylic acids is 1. The Labute approximate surface area is 124 Å². The molecule has 1 saturated heterocycles. The Morgan fingerprint density at radius 3 is 2.65 bits per heavy atom. The Morgan fingerprint density at radius 1 is 1.45 bits per heavy atom. The second kappa shape index (κ2) is 7.99. The summed E-state index contributed by atoms with van der Waals surface area (Å²) in [6, 6.07) is 0.500. The van der Waals surface area contributed by atoms with Gasteiger partial charge in [-0.3, -0.25) is 9.69 Å². The smallest absolute Gasteiger partial charge is 0.237 e. The van der Waals surface area contributed by atoms with E-state index in [1.807, 2.05) is 27.7 Å². The van der Waals surface area contributed by atoms with Gasteiger partial charge in [0.05, 0.1) is 6.04 Å². The van der Waals surface area contributed by atoms with E-state index in [0.717, 1.165) is 26.1 Å². The number of unbranched alkanes of at least 4 members (excludes halogenated alkanes) is 1. The van der Waals surface area contributed by atoms with Gasteiger partial charge in [-0.2, -0.15) is 0 Å². The first-order valence-electron chi connectivity index (χ1n) is 8.13. The van der Waals surface area contributed by atoms with E-state index in [-0.39, 0.29) is 17.5 Å². The molecule has 1 rings (SSSR count). The fourth-order valence-corrected chi connectivity index (χ4v) is 2.64. The van der Waals surface area contributed by atoms with Crippen molar-refractivity contribution in [3.8, 4) is 0 Å². The van der Waals surface area contributed by atoms with Crippen LogP contribution in [0.2, 0.25) is 0 Å². The van der Waals surface area contributed by atoms with Crippen molar-refractivity contribution in [2.75, 3.05) is 19.6 Å². The van der Waals surface area contributed by atoms with E-state index in [1.165, 1.54) is 19.3 Å². The zero-order valence-corrected chi connectivity index (χ0v) is 14.0. The van der Waals surface area contributed by atoms with Crippen LogP contribution in [0.4, 0.5) is 0 Å². The van der Waals surface area contributed by atoms with Crippen molar-refractivity contribution in [3.63, 3.8) is 0 Å². The zero-order chi connectivity index (χ0) is 15.2. The second-order valence-electron chi connectivity index (χ2n) is 7.06. The molecule has 2 atom stereocenters. The molecule has 1 aliphatic heterocycles. The van der Waals surface area contributed by atoms with Crippen molar-refractivity contribution >= 4 is 5.91 Å². The van der Waals surface area contributed by atoms with Crippen LogP contribution in [0.3, 0.4) is 0 Å². The van der Waals surface area contributed by atoms with Crippen LogP contribution in [-0.2, 0) is 4.79 Å². The quantitative estimate of drug-likeness (QED) is 0.752. The number of hydrogen-bond donors (Lipinski definition) is 2. The molecule has 0 aromatic carbocycles. The molecule has 0 saturated carbocycles. The average molecular weight is 283 g/mol. The summed E-state index contributed by atoms with van der Waals surface area (Å²) >= 11 is 0. The van der Waals surface area contributed by atoms with Crippen LogP contribution in [0.25, 0.3) is 0 Å². The Balaban J connectivity index is 2.57. The van der Waals surface area contributed by atoms with Gasteiger partial charge in [0.1, 0.15) is 0 Å². The third kappa shape index (κ3) is 6.23. The molecule has 1 amide bonds. The van der Waals surface area contributed by atoms with Crippen molar-refractivity contribution in [1.82, 2.24) is 15.5 Å². The van der Waals surface area contributed by atoms with Gasteiger partial charge in [0.2, 0.25) is 5.91 Å². The highest BCUT2D eigenvalue weighted by atomic mass is 16.2. The molecule has 2 unspecified atom stereocenters. The summed E-state index contributed by atoms with van der Waals surface area (Å²) in [4.78, 5) is 14.7. The highest BCUT2D eigenvalue weighted by Gasteiger charge is 2.27. The fraction of sp³-hybridized carbons (Fsp3) is 0.938. The van der Waals surface area contributed by atoms with Gasteiger partial charge in [-0.1, -0.05) is 13.3 Å². The molecule has 0 aromatic heterocycles. The molecule has 4 heteroatoms. The Bertz CT molecular complexity index is 293. The van der Waals surface area contributed by atoms with Crippen molar-refractivity contribution in [1.29, 1.82) is 0 Å². The molecule has 0 radical (unpaired) electrons. The topological polar surface area (TPSA) is 44.4 Å². The van der Waals surface area contributed by atoms with E-state index in [0.29, 0.717) is 6.04 Å². The van der Waals surface area contributed by atoms with E-state index < -0.39 is 0 Å². The molecule has 1 aliphatic rings. The van der Waals surface area contributed by atoms with Crippen molar-refractivity contribution in [2.45, 2.75) is 77.9 Å². The maximum absolute atomic E-state index is 12.4. The average Bonchev–Trinajstić information content (AvgIpc) is 2.84. The van der Waals surface area contributed by atoms with Crippen molar-refractivity contribution in [3.05, 3.63) is 0 Å². The van der Waals surface area contributed by atoms with Crippen LogP contribution in [0.5, 0.6) is 0 Å². The maximum atomic E-state index is 12.4. The van der Waals surface area contributed by atoms with Crippen molar-refractivity contribution < 1.29 is 4.79 Å². The molecular weight excluding hydrogens is 250 g/mol. The Morgan fingerprint density at radius 2 is 2.15 bits per heavy atom. The van der Waals surface area contributed by atoms with Gasteiger partial charge >= 0.3 is 0 Å². The Hall–Kier alpha value is -0.610. The molecule has 0 aromatic rings. The summed E-state index contributed by atoms with van der Waals surface area (Å²) < 4.78 is 0. The van der Waals surface area contributed by atoms with E-state index in [9.17, 15) is 4.79 Å². The summed E-state index contributed by atoms with van der Waals surface area (Å²) in [6.07, 6.45) is 4.81. The van der Waals surface area contributed by atoms with E-state index in [4.69, 9.17) is 0 Å². The molecule has 4 nitrogen and oxygen atoms in total. The third-order valence-electron chi connectivity index (χ3n) is 3.84. The SMILES string of the molecule is CCCCN(CC1CCCN1)C(C)C(=O)NC(C)(C)C. The third-order valence-corrected chi connectivity index (χ3v) is 3.84. The van der Waals surface area contributed by atoms with Gasteiger partial charge < -0.3 is 10.6 Å². The first-order chi connectivity index (χ1) is 9.33. The number of nitrogens with zero attached hydrogens (tertiary/aromatic N) is 1. The number of nitrogens with one attached hydrogen (secondary N) is 2. The summed E-state index contributed by atoms with van der Waals surface area (Å²) in [5.74, 6) is 0.145. The number of hydrogen-bond acceptors (Lipinski definition) is 3. The van der Waals surface area contributed by atoms with Crippen molar-refractivity contribution in [2.24, 2.45) is 0 Å². The lowest BCUT2D eigenvalue weighted by atomic mass is 10.1. The molecule has 20 heavy (non-hydrogen) atoms. The summed E-state index contributed by atoms with van der Waals surface area (Å²) in [7, 11) is 0. The first-order valence-corrected chi connectivity index (χ1v) is 8.13. The van der Waals surface area contributed by atoms with E-state index in [1.54, 1.807) is 0 Å². The van der Waals surface area contributed by atoms with Crippen LogP contribution in [0, 0.1) is 0 Å². The van der Waals surface area contributed by atoms with Crippen LogP contribution in [0.15, 0.2) is 0 Å². The minimum absolute atomic E-state index is 0.0526. The predicted molar refractivity (Wildman–Crippen MR) is 84.9 cm³/mol. The van der Waals surface area contributed by atoms with Gasteiger partial charge in [-0.05, 0) is 60.0 Å². The minimum atomic E-state index is -0.159. The fourth-order valence-electron chi connectivity index (χ4n) is 2.64. The number of carbonyl (C=O) groups is 1. The summed E-state index contributed by atoms with van der Waals surface area (Å²) in [5, 5.41) is 6.63. The molecule has 0 spiro atoms. The minimum Gasteiger partial charge on any atom is -0.350 e. The van der Waals surface area contributed by atoms with Gasteiger partial charge in [-0.25, -0.2) is 0 Å². The van der Waals surface area contributed by atoms with Crippen LogP contribution in [0.1, 0.15) is 60.3 Å². The molecule has 0 bridgehead atoms. The molecule has 1 heterocycles. The normalized spacial score (nSPS) is 21.2. The predicted octanol–water partition coefficient (Wildman–Crippen LogP) is 2.14. The molecular formula is C16H33N3O. The number of rotatable bonds is 7. The van der Waals surface area contributed by atoms with Gasteiger partial charge in [0.15, 0.2) is 0 Å². The lowest BCUT2D eigenvalue weighted by molar-refractivity contribution is -0.127. The second-order valence-corrected chi connectivity index (χ2v) is 7.06. The zero-order valence-electron chi connectivity index (χ0n) is 14.0. The lowest BCUT2D eigenvalue weighted by Gasteiger charge is -2.32. The van der Waals surface area contributed by atoms with Crippen LogP contribution < -0.4 is 10.6 Å². The number of amides is 1. The molecule has 0 aliphatic carbocycles. The maximum Gasteiger partial charge on any atom is 0.237 e. The van der Waals surface area contributed by atoms with E-state index >= 15 is 0 Å². The first kappa shape index (κ1) is 17.4. The highest BCUT2D eigenvalue weighted by molar-refractivity contribution is 5.81. The molecule has 2 N–H and O–H groups in total. The van der Waals surface area contributed by atoms with Gasteiger partial charge in [0, 0.05) is 18.1 Å². The summed E-state index contributed by atoms with van der Waals surface area (Å²) in [5.41, 5.74) is -0.159. The molecule has 1 fully saturated rings. The largest absolute Gasteiger partial charge is 0.350 e. The van der Waals surface area contributed by atoms with Crippen LogP contribution in [-0.4, -0.2) is 48.1 Å². The van der Waals surface area contributed by atoms with Crippen LogP contribution >= 0.6 is 0 Å². The van der Waals surface area contributed by atoms with Gasteiger partial charge in [0.25, 0.3) is 0 Å². The summed E-state index contributed by atoms with van der Waals surface area (Å²) in [6.45, 7) is 13.4. The monoisotopic (exact) mass is 283 g/mol. The molecule has 118 valence electrons. The van der Waals surface area contributed by atoms with Gasteiger partial charge in [-0.15, -0.1) is 0 Å². The standard InChI is InChI=1S/C16H33N3O/c1-6-7-11-19(12-14-9-8-10-17-14)13(2)15(20)18-16(3,4)5/h13-14,17H,6-12H2,1-5H3,(H,18,20).